The number of aliphatic carboxylic acids is 1. The van der Waals surface area contributed by atoms with E-state index >= 15 is 0 Å². The molecule has 9 heteroatoms. The summed E-state index contributed by atoms with van der Waals surface area (Å²) in [7, 11) is 0. The maximum atomic E-state index is 13.7. The zero-order valence-corrected chi connectivity index (χ0v) is 21.0. The van der Waals surface area contributed by atoms with Gasteiger partial charge >= 0.3 is 205 Å². The Morgan fingerprint density at radius 3 is 1.94 bits per heavy atom. The molecule has 0 radical (unpaired) electrons. The summed E-state index contributed by atoms with van der Waals surface area (Å²) < 4.78 is 12.2. The Bertz CT molecular complexity index is 1080. The van der Waals surface area contributed by atoms with Crippen molar-refractivity contribution < 1.29 is 28.7 Å². The number of benzene rings is 2. The van der Waals surface area contributed by atoms with Crippen LogP contribution in [0.1, 0.15) is 24.0 Å². The zero-order valence-electron chi connectivity index (χ0n) is 18.8. The molecule has 0 saturated heterocycles. The number of halogens is 2. The molecule has 0 aliphatic carbocycles. The molecule has 2 aromatic rings. The van der Waals surface area contributed by atoms with Crippen molar-refractivity contribution in [2.24, 2.45) is 0 Å². The number of nitrogens with zero attached hydrogens (tertiary/aromatic N) is 1. The van der Waals surface area contributed by atoms with Crippen LogP contribution in [0.5, 0.6) is 0 Å². The average Bonchev–Trinajstić information content (AvgIpc) is 2.97. The molecule has 2 amide bonds. The molecule has 0 fully saturated rings. The van der Waals surface area contributed by atoms with Gasteiger partial charge in [-0.25, -0.2) is 0 Å². The third-order valence-electron chi connectivity index (χ3n) is 5.43. The second kappa shape index (κ2) is 11.4. The number of para-hydroxylation sites is 2. The fourth-order valence-electron chi connectivity index (χ4n) is 3.71. The van der Waals surface area contributed by atoms with Gasteiger partial charge in [-0.2, -0.15) is 0 Å². The fourth-order valence-corrected chi connectivity index (χ4v) is 6.28. The van der Waals surface area contributed by atoms with E-state index in [0.29, 0.717) is 11.4 Å². The molecule has 1 aliphatic heterocycles. The van der Waals surface area contributed by atoms with Crippen LogP contribution in [0.2, 0.25) is 0 Å². The molecule has 1 aliphatic rings. The van der Waals surface area contributed by atoms with Crippen molar-refractivity contribution in [1.29, 1.82) is 0 Å². The topological polar surface area (TPSA) is 104 Å². The van der Waals surface area contributed by atoms with E-state index in [-0.39, 0.29) is 12.3 Å². The van der Waals surface area contributed by atoms with Gasteiger partial charge in [0, 0.05) is 0 Å². The average molecular weight is 580 g/mol. The minimum absolute atomic E-state index is 0.115. The number of alkyl halides is 4. The number of carboxylic acids is 1. The first-order valence-corrected chi connectivity index (χ1v) is 16.1. The van der Waals surface area contributed by atoms with Gasteiger partial charge in [-0.05, 0) is 0 Å². The number of nitrogens with one attached hydrogen (secondary N) is 1. The van der Waals surface area contributed by atoms with Crippen LogP contribution in [0.4, 0.5) is 15.8 Å². The van der Waals surface area contributed by atoms with E-state index in [1.807, 2.05) is 70.5 Å². The Kier molecular flexibility index (Phi) is 8.54. The van der Waals surface area contributed by atoms with E-state index in [1.165, 1.54) is 0 Å². The van der Waals surface area contributed by atoms with Gasteiger partial charge in [0.05, 0.1) is 0 Å². The molecule has 0 spiro atoms. The van der Waals surface area contributed by atoms with Crippen molar-refractivity contribution >= 4 is 66.9 Å². The summed E-state index contributed by atoms with van der Waals surface area (Å²) in [6.07, 6.45) is 3.04. The summed E-state index contributed by atoms with van der Waals surface area (Å²) in [5, 5.41) is 11.4. The zero-order chi connectivity index (χ0) is 24.8. The number of hydrogen-bond acceptors (Lipinski definition) is 4. The molecular weight excluding hydrogens is 554 g/mol. The number of fused-ring (bicyclic) bond motifs is 2. The van der Waals surface area contributed by atoms with E-state index in [0.717, 1.165) is 11.1 Å². The number of ketones is 1. The monoisotopic (exact) mass is 580 g/mol. The van der Waals surface area contributed by atoms with Crippen LogP contribution in [0.25, 0.3) is 12.2 Å². The van der Waals surface area contributed by atoms with E-state index < -0.39 is 60.5 Å². The number of carboxylic acid groups (broad SMARTS) is 1. The number of carbonyl (C=O) groups excluding carboxylic acids is 3. The molecule has 3 rings (SSSR count). The number of Topliss-reactive ketones (excluding diaryl/α,β-unsaturated/α-hetero) is 1. The van der Waals surface area contributed by atoms with Crippen LogP contribution in [-0.2, 0) is 19.2 Å². The molecule has 2 N–H and O–H groups in total. The van der Waals surface area contributed by atoms with Crippen molar-refractivity contribution in [2.75, 3.05) is 21.4 Å². The maximum absolute atomic E-state index is 13.7. The first-order chi connectivity index (χ1) is 16.2. The van der Waals surface area contributed by atoms with Gasteiger partial charge in [0.15, 0.2) is 0 Å². The third kappa shape index (κ3) is 5.88. The Labute approximate surface area is 204 Å². The number of rotatable bonds is 9. The number of anilines is 2. The van der Waals surface area contributed by atoms with Crippen LogP contribution in [0.15, 0.2) is 48.5 Å². The van der Waals surface area contributed by atoms with Gasteiger partial charge in [0.25, 0.3) is 0 Å². The Hall–Kier alpha value is -3.08. The predicted octanol–water partition coefficient (Wildman–Crippen LogP) is 3.86. The molecule has 1 heterocycles. The molecule has 34 heavy (non-hydrogen) atoms. The standard InChI is InChI=1S/C25H26FIN2O5/c1-27(2)18(25(34)28-19(14-24(32)33)22(30)15-26)13-23(31)29-20-9-5-3-7-16(20)11-12-17-8-4-6-10-21(17)29/h3-12,18-19H,13-15H2,1-2H3,(H,28,34)(H,32,33)/t18-,19?/m1/s1. The number of hydrogen-bond donors (Lipinski definition) is 2. The van der Waals surface area contributed by atoms with Crippen molar-refractivity contribution in [3.63, 3.8) is 0 Å². The Balaban J connectivity index is 1.90. The van der Waals surface area contributed by atoms with Gasteiger partial charge in [-0.1, -0.05) is 0 Å². The molecule has 2 aromatic carbocycles. The predicted molar refractivity (Wildman–Crippen MR) is 138 cm³/mol. The first kappa shape index (κ1) is 25.5. The first-order valence-electron chi connectivity index (χ1n) is 10.5. The summed E-state index contributed by atoms with van der Waals surface area (Å²) in [6.45, 7) is -1.38. The summed E-state index contributed by atoms with van der Waals surface area (Å²) in [5.41, 5.74) is 3.09. The van der Waals surface area contributed by atoms with E-state index in [9.17, 15) is 23.6 Å². The SMILES string of the molecule is CI(C)[C@H](CC(=O)N1c2ccccc2C=Cc2ccccc21)C(=O)NC(CC(=O)O)C(=O)CF. The van der Waals surface area contributed by atoms with E-state index in [4.69, 9.17) is 5.11 Å². The van der Waals surface area contributed by atoms with Crippen LogP contribution in [0, 0.1) is 0 Å². The van der Waals surface area contributed by atoms with E-state index in [1.54, 1.807) is 4.90 Å². The van der Waals surface area contributed by atoms with Crippen molar-refractivity contribution in [3.8, 4) is 0 Å². The number of amides is 2. The molecule has 2 atom stereocenters. The normalized spacial score (nSPS) is 14.2. The summed E-state index contributed by atoms with van der Waals surface area (Å²) in [5.74, 6) is -3.21. The quantitative estimate of drug-likeness (QED) is 0.347. The second-order valence-corrected chi connectivity index (χ2v) is 14.1. The molecule has 7 nitrogen and oxygen atoms in total. The third-order valence-corrected chi connectivity index (χ3v) is 9.44. The molecule has 0 saturated carbocycles. The van der Waals surface area contributed by atoms with E-state index in [2.05, 4.69) is 5.32 Å². The summed E-state index contributed by atoms with van der Waals surface area (Å²) in [6, 6.07) is 13.4. The van der Waals surface area contributed by atoms with Gasteiger partial charge < -0.3 is 0 Å². The molecule has 0 bridgehead atoms. The minimum atomic E-state index is -1.99. The second-order valence-electron chi connectivity index (χ2n) is 7.93. The van der Waals surface area contributed by atoms with Crippen molar-refractivity contribution in [3.05, 3.63) is 59.7 Å². The van der Waals surface area contributed by atoms with Gasteiger partial charge in [-0.3, -0.25) is 0 Å². The van der Waals surface area contributed by atoms with Gasteiger partial charge in [0.1, 0.15) is 0 Å². The van der Waals surface area contributed by atoms with Crippen LogP contribution in [-0.4, -0.2) is 55.2 Å². The molecule has 0 aromatic heterocycles. The van der Waals surface area contributed by atoms with Gasteiger partial charge in [-0.15, -0.1) is 0 Å². The summed E-state index contributed by atoms with van der Waals surface area (Å²) in [4.78, 5) is 55.1. The van der Waals surface area contributed by atoms with Crippen LogP contribution >= 0.6 is 19.8 Å². The van der Waals surface area contributed by atoms with Gasteiger partial charge in [0.2, 0.25) is 0 Å². The molecular formula is C25H26FIN2O5. The summed E-state index contributed by atoms with van der Waals surface area (Å²) >= 11 is -1.99. The van der Waals surface area contributed by atoms with Crippen LogP contribution < -0.4 is 10.2 Å². The van der Waals surface area contributed by atoms with Crippen molar-refractivity contribution in [1.82, 2.24) is 5.32 Å². The Morgan fingerprint density at radius 2 is 1.47 bits per heavy atom. The number of carbonyl (C=O) groups is 4. The van der Waals surface area contributed by atoms with Crippen LogP contribution in [0.3, 0.4) is 0 Å². The Morgan fingerprint density at radius 1 is 0.941 bits per heavy atom. The van der Waals surface area contributed by atoms with Crippen molar-refractivity contribution in [2.45, 2.75) is 22.8 Å². The fraction of sp³-hybridized carbons (Fsp3) is 0.280. The molecule has 180 valence electrons. The molecule has 1 unspecified atom stereocenters.